The first-order chi connectivity index (χ1) is 24.3. The van der Waals surface area contributed by atoms with E-state index in [2.05, 4.69) is 163 Å². The Bertz CT molecular complexity index is 2790. The highest BCUT2D eigenvalue weighted by atomic mass is 32.1. The number of oxazole rings is 1. The van der Waals surface area contributed by atoms with Crippen molar-refractivity contribution in [2.45, 2.75) is 12.0 Å². The number of thiophene rings is 1. The molecule has 7 aromatic carbocycles. The average Bonchev–Trinajstić information content (AvgIpc) is 3.87. The number of benzene rings is 7. The minimum absolute atomic E-state index is 0.183. The molecule has 49 heavy (non-hydrogen) atoms. The van der Waals surface area contributed by atoms with Crippen LogP contribution < -0.4 is 4.90 Å². The van der Waals surface area contributed by atoms with Gasteiger partial charge in [0.25, 0.3) is 0 Å². The van der Waals surface area contributed by atoms with E-state index in [1.165, 1.54) is 59.1 Å². The van der Waals surface area contributed by atoms with Gasteiger partial charge in [-0.3, -0.25) is 0 Å². The first kappa shape index (κ1) is 27.0. The summed E-state index contributed by atoms with van der Waals surface area (Å²) in [4.78, 5) is 7.62. The lowest BCUT2D eigenvalue weighted by atomic mass is 9.80. The van der Waals surface area contributed by atoms with E-state index in [1.807, 2.05) is 11.3 Å². The Morgan fingerprint density at radius 1 is 0.673 bits per heavy atom. The van der Waals surface area contributed by atoms with Crippen molar-refractivity contribution in [2.75, 3.05) is 4.90 Å². The van der Waals surface area contributed by atoms with Crippen molar-refractivity contribution >= 4 is 70.8 Å². The number of aromatic nitrogens is 1. The van der Waals surface area contributed by atoms with Crippen molar-refractivity contribution in [3.05, 3.63) is 168 Å². The third-order valence-electron chi connectivity index (χ3n) is 10.4. The zero-order valence-electron chi connectivity index (χ0n) is 26.4. The average molecular weight is 645 g/mol. The highest BCUT2D eigenvalue weighted by Gasteiger charge is 2.42. The summed E-state index contributed by atoms with van der Waals surface area (Å²) in [5, 5.41) is 4.96. The SMILES string of the molecule is C1=CC2C(c3ccccc31)c1c(ccc3ccccc13)N2c1ccc(-c2nc3cc(-c4ccccc4)c4sc5ccccc5c4c3o2)cc1. The van der Waals surface area contributed by atoms with Crippen molar-refractivity contribution in [1.82, 2.24) is 4.98 Å². The van der Waals surface area contributed by atoms with Crippen LogP contribution in [0.1, 0.15) is 22.6 Å². The molecule has 0 saturated carbocycles. The number of hydrogen-bond acceptors (Lipinski definition) is 4. The molecule has 0 saturated heterocycles. The molecule has 0 fully saturated rings. The van der Waals surface area contributed by atoms with Crippen molar-refractivity contribution < 1.29 is 4.42 Å². The van der Waals surface area contributed by atoms with Gasteiger partial charge in [-0.25, -0.2) is 4.98 Å². The molecule has 0 amide bonds. The quantitative estimate of drug-likeness (QED) is 0.192. The Kier molecular flexibility index (Phi) is 5.66. The van der Waals surface area contributed by atoms with Crippen LogP contribution in [-0.2, 0) is 0 Å². The van der Waals surface area contributed by atoms with Crippen LogP contribution in [0.5, 0.6) is 0 Å². The van der Waals surface area contributed by atoms with E-state index in [0.717, 1.165) is 27.7 Å². The summed E-state index contributed by atoms with van der Waals surface area (Å²) in [6.45, 7) is 0. The van der Waals surface area contributed by atoms with Gasteiger partial charge in [-0.15, -0.1) is 11.3 Å². The molecule has 0 bridgehead atoms. The maximum Gasteiger partial charge on any atom is 0.227 e. The zero-order chi connectivity index (χ0) is 32.1. The van der Waals surface area contributed by atoms with Gasteiger partial charge in [0.2, 0.25) is 5.89 Å². The van der Waals surface area contributed by atoms with Gasteiger partial charge in [0.1, 0.15) is 5.52 Å². The van der Waals surface area contributed by atoms with Crippen LogP contribution in [0, 0.1) is 0 Å². The maximum absolute atomic E-state index is 6.69. The van der Waals surface area contributed by atoms with Gasteiger partial charge in [-0.05, 0) is 75.5 Å². The monoisotopic (exact) mass is 644 g/mol. The van der Waals surface area contributed by atoms with Crippen LogP contribution in [0.25, 0.3) is 70.7 Å². The number of hydrogen-bond donors (Lipinski definition) is 0. The van der Waals surface area contributed by atoms with E-state index in [4.69, 9.17) is 9.40 Å². The standard InChI is InChI=1S/C45H28N2OS/c1-2-10-27(11-3-1)35-26-36-43(42-34-16-8-9-17-39(34)49-44(35)42)48-45(46-36)30-18-22-31(23-19-30)47-37-24-20-28-12-4-6-14-32(28)40(37)41-33-15-7-5-13-29(33)21-25-38(41)47/h1-26,37,40H. The summed E-state index contributed by atoms with van der Waals surface area (Å²) in [5.74, 6) is 0.890. The zero-order valence-corrected chi connectivity index (χ0v) is 27.2. The molecule has 2 aromatic heterocycles. The number of nitrogens with zero attached hydrogens (tertiary/aromatic N) is 2. The molecule has 11 rings (SSSR count). The molecule has 3 nitrogen and oxygen atoms in total. The van der Waals surface area contributed by atoms with Crippen molar-refractivity contribution in [3.63, 3.8) is 0 Å². The fourth-order valence-electron chi connectivity index (χ4n) is 8.29. The van der Waals surface area contributed by atoms with E-state index in [-0.39, 0.29) is 12.0 Å². The summed E-state index contributed by atoms with van der Waals surface area (Å²) in [5.41, 5.74) is 11.6. The molecule has 0 spiro atoms. The van der Waals surface area contributed by atoms with Gasteiger partial charge >= 0.3 is 0 Å². The highest BCUT2D eigenvalue weighted by molar-refractivity contribution is 7.26. The highest BCUT2D eigenvalue weighted by Crippen LogP contribution is 2.54. The molecule has 2 aliphatic rings. The van der Waals surface area contributed by atoms with Gasteiger partial charge in [0, 0.05) is 48.6 Å². The van der Waals surface area contributed by atoms with Gasteiger partial charge in [-0.2, -0.15) is 0 Å². The van der Waals surface area contributed by atoms with E-state index in [9.17, 15) is 0 Å². The topological polar surface area (TPSA) is 29.3 Å². The minimum Gasteiger partial charge on any atom is -0.435 e. The molecule has 4 heteroatoms. The summed E-state index contributed by atoms with van der Waals surface area (Å²) < 4.78 is 9.17. The molecular formula is C45H28N2OS. The van der Waals surface area contributed by atoms with Gasteiger partial charge in [-0.1, -0.05) is 115 Å². The lowest BCUT2D eigenvalue weighted by molar-refractivity contribution is 0.623. The van der Waals surface area contributed by atoms with Crippen molar-refractivity contribution in [1.29, 1.82) is 0 Å². The fourth-order valence-corrected chi connectivity index (χ4v) is 9.53. The van der Waals surface area contributed by atoms with Gasteiger partial charge < -0.3 is 9.32 Å². The van der Waals surface area contributed by atoms with Crippen LogP contribution in [0.4, 0.5) is 11.4 Å². The fraction of sp³-hybridized carbons (Fsp3) is 0.0444. The second-order valence-electron chi connectivity index (χ2n) is 13.1. The number of anilines is 2. The Morgan fingerprint density at radius 3 is 2.35 bits per heavy atom. The first-order valence-electron chi connectivity index (χ1n) is 16.8. The largest absolute Gasteiger partial charge is 0.435 e. The van der Waals surface area contributed by atoms with Crippen molar-refractivity contribution in [2.24, 2.45) is 0 Å². The number of rotatable bonds is 3. The van der Waals surface area contributed by atoms with Crippen LogP contribution in [0.3, 0.4) is 0 Å². The lowest BCUT2D eigenvalue weighted by Crippen LogP contribution is -2.30. The smallest absolute Gasteiger partial charge is 0.227 e. The Labute approximate surface area is 287 Å². The molecule has 230 valence electrons. The molecule has 9 aromatic rings. The summed E-state index contributed by atoms with van der Waals surface area (Å²) in [6, 6.07) is 52.6. The predicted molar refractivity (Wildman–Crippen MR) is 205 cm³/mol. The molecule has 2 unspecified atom stereocenters. The summed E-state index contributed by atoms with van der Waals surface area (Å²) in [7, 11) is 0. The predicted octanol–water partition coefficient (Wildman–Crippen LogP) is 12.4. The van der Waals surface area contributed by atoms with Crippen LogP contribution in [-0.4, -0.2) is 11.0 Å². The molecule has 1 aliphatic carbocycles. The third kappa shape index (κ3) is 3.92. The number of fused-ring (bicyclic) bond motifs is 12. The summed E-state index contributed by atoms with van der Waals surface area (Å²) >= 11 is 1.82. The minimum atomic E-state index is 0.183. The second kappa shape index (κ2) is 10.3. The van der Waals surface area contributed by atoms with E-state index >= 15 is 0 Å². The normalized spacial score (nSPS) is 16.4. The summed E-state index contributed by atoms with van der Waals surface area (Å²) in [6.07, 6.45) is 4.68. The van der Waals surface area contributed by atoms with Crippen LogP contribution in [0.15, 0.2) is 156 Å². The van der Waals surface area contributed by atoms with Gasteiger partial charge in [0.05, 0.1) is 6.04 Å². The Morgan fingerprint density at radius 2 is 1.45 bits per heavy atom. The molecule has 0 N–H and O–H groups in total. The van der Waals surface area contributed by atoms with E-state index in [1.54, 1.807) is 0 Å². The van der Waals surface area contributed by atoms with Crippen LogP contribution >= 0.6 is 11.3 Å². The third-order valence-corrected chi connectivity index (χ3v) is 11.6. The first-order valence-corrected chi connectivity index (χ1v) is 17.6. The Balaban J connectivity index is 1.05. The lowest BCUT2D eigenvalue weighted by Gasteiger charge is -2.31. The van der Waals surface area contributed by atoms with Crippen molar-refractivity contribution in [3.8, 4) is 22.6 Å². The molecule has 2 atom stereocenters. The Hall–Kier alpha value is -5.97. The molecule has 0 radical (unpaired) electrons. The van der Waals surface area contributed by atoms with Crippen LogP contribution in [0.2, 0.25) is 0 Å². The van der Waals surface area contributed by atoms with E-state index < -0.39 is 0 Å². The van der Waals surface area contributed by atoms with E-state index in [0.29, 0.717) is 5.89 Å². The second-order valence-corrected chi connectivity index (χ2v) is 14.1. The molecule has 3 heterocycles. The molecular weight excluding hydrogens is 617 g/mol. The molecule has 1 aliphatic heterocycles. The van der Waals surface area contributed by atoms with Gasteiger partial charge in [0.15, 0.2) is 5.58 Å². The maximum atomic E-state index is 6.69.